The molecule has 0 aliphatic carbocycles. The summed E-state index contributed by atoms with van der Waals surface area (Å²) in [6, 6.07) is 9.40. The first-order valence-corrected chi connectivity index (χ1v) is 6.77. The molecule has 1 amide bonds. The summed E-state index contributed by atoms with van der Waals surface area (Å²) in [5.74, 6) is -0.592. The fraction of sp³-hybridized carbons (Fsp3) is 0. The Kier molecular flexibility index (Phi) is 3.82. The number of furan rings is 1. The summed E-state index contributed by atoms with van der Waals surface area (Å²) in [6.07, 6.45) is 2.90. The van der Waals surface area contributed by atoms with Crippen molar-refractivity contribution in [2.45, 2.75) is 0 Å². The number of hydrogen-bond donors (Lipinski definition) is 3. The van der Waals surface area contributed by atoms with Crippen LogP contribution < -0.4 is 11.1 Å². The molecule has 0 aliphatic rings. The molecule has 2 aromatic heterocycles. The van der Waals surface area contributed by atoms with E-state index in [0.29, 0.717) is 22.5 Å². The van der Waals surface area contributed by atoms with E-state index >= 15 is 0 Å². The van der Waals surface area contributed by atoms with Crippen LogP contribution in [0.4, 0.5) is 11.4 Å². The molecule has 0 spiro atoms. The smallest absolute Gasteiger partial charge is 0.277 e. The van der Waals surface area contributed by atoms with E-state index in [1.807, 2.05) is 0 Å². The van der Waals surface area contributed by atoms with Gasteiger partial charge in [0.05, 0.1) is 18.2 Å². The van der Waals surface area contributed by atoms with Gasteiger partial charge in [-0.05, 0) is 24.3 Å². The number of carbonyl (C=O) groups excluding carboxylic acids is 1. The highest BCUT2D eigenvalue weighted by molar-refractivity contribution is 6.14. The number of carbonyl (C=O) groups is 1. The molecule has 0 aliphatic heterocycles. The Balaban J connectivity index is 1.85. The van der Waals surface area contributed by atoms with Crippen LogP contribution in [0.15, 0.2) is 51.8 Å². The van der Waals surface area contributed by atoms with Crippen LogP contribution in [0.3, 0.4) is 0 Å². The third-order valence-corrected chi connectivity index (χ3v) is 3.24. The summed E-state index contributed by atoms with van der Waals surface area (Å²) in [5, 5.41) is 23.0. The number of hydrogen-bond acceptors (Lipinski definition) is 7. The molecule has 0 radical (unpaired) electrons. The monoisotopic (exact) mass is 321 g/mol. The summed E-state index contributed by atoms with van der Waals surface area (Å²) in [5.41, 5.74) is 7.91. The molecule has 4 N–H and O–H groups in total. The van der Waals surface area contributed by atoms with Gasteiger partial charge in [0.25, 0.3) is 5.91 Å². The number of amides is 1. The molecule has 118 valence electrons. The Morgan fingerprint density at radius 3 is 2.83 bits per heavy atom. The van der Waals surface area contributed by atoms with Gasteiger partial charge in [0, 0.05) is 28.6 Å². The SMILES string of the molecule is N#Cc1cc(C(=O)Nc2ccc(N)c(C(=N)c3ccoc3)c2)no1. The van der Waals surface area contributed by atoms with Crippen LogP contribution in [0, 0.1) is 16.7 Å². The van der Waals surface area contributed by atoms with Crippen LogP contribution in [0.1, 0.15) is 27.4 Å². The first kappa shape index (κ1) is 15.1. The maximum absolute atomic E-state index is 12.1. The first-order valence-electron chi connectivity index (χ1n) is 6.77. The van der Waals surface area contributed by atoms with E-state index < -0.39 is 5.91 Å². The molecule has 8 nitrogen and oxygen atoms in total. The quantitative estimate of drug-likeness (QED) is 0.497. The minimum absolute atomic E-state index is 0.0187. The number of rotatable bonds is 4. The Labute approximate surface area is 136 Å². The van der Waals surface area contributed by atoms with Crippen LogP contribution in [-0.2, 0) is 0 Å². The van der Waals surface area contributed by atoms with Crippen molar-refractivity contribution in [1.29, 1.82) is 10.7 Å². The average molecular weight is 321 g/mol. The molecule has 3 aromatic rings. The highest BCUT2D eigenvalue weighted by Crippen LogP contribution is 2.22. The van der Waals surface area contributed by atoms with Crippen molar-refractivity contribution in [3.05, 3.63) is 65.4 Å². The van der Waals surface area contributed by atoms with E-state index in [2.05, 4.69) is 15.0 Å². The average Bonchev–Trinajstić information content (AvgIpc) is 3.27. The number of nitrogens with one attached hydrogen (secondary N) is 2. The lowest BCUT2D eigenvalue weighted by Crippen LogP contribution is -2.13. The first-order chi connectivity index (χ1) is 11.6. The summed E-state index contributed by atoms with van der Waals surface area (Å²) in [4.78, 5) is 12.1. The molecule has 0 bridgehead atoms. The van der Waals surface area contributed by atoms with E-state index in [4.69, 9.17) is 20.8 Å². The molecule has 0 unspecified atom stereocenters. The van der Waals surface area contributed by atoms with Crippen molar-refractivity contribution in [3.8, 4) is 6.07 Å². The second-order valence-electron chi connectivity index (χ2n) is 4.83. The van der Waals surface area contributed by atoms with Crippen LogP contribution >= 0.6 is 0 Å². The number of aromatic nitrogens is 1. The number of nitrogen functional groups attached to an aromatic ring is 1. The van der Waals surface area contributed by atoms with Crippen LogP contribution in [-0.4, -0.2) is 16.8 Å². The van der Waals surface area contributed by atoms with Gasteiger partial charge >= 0.3 is 0 Å². The lowest BCUT2D eigenvalue weighted by atomic mass is 10.0. The molecule has 0 saturated carbocycles. The Morgan fingerprint density at radius 1 is 1.33 bits per heavy atom. The topological polar surface area (TPSA) is 142 Å². The van der Waals surface area contributed by atoms with E-state index in [-0.39, 0.29) is 17.2 Å². The highest BCUT2D eigenvalue weighted by atomic mass is 16.5. The second kappa shape index (κ2) is 6.10. The van der Waals surface area contributed by atoms with Crippen molar-refractivity contribution < 1.29 is 13.7 Å². The number of nitrogens with zero attached hydrogens (tertiary/aromatic N) is 2. The normalized spacial score (nSPS) is 10.1. The molecule has 8 heteroatoms. The minimum atomic E-state index is -0.536. The van der Waals surface area contributed by atoms with Gasteiger partial charge in [-0.3, -0.25) is 10.2 Å². The number of nitrogens with two attached hydrogens (primary N) is 1. The molecule has 24 heavy (non-hydrogen) atoms. The van der Waals surface area contributed by atoms with Crippen molar-refractivity contribution in [2.75, 3.05) is 11.1 Å². The largest absolute Gasteiger partial charge is 0.472 e. The number of nitriles is 1. The Hall–Kier alpha value is -3.86. The third-order valence-electron chi connectivity index (χ3n) is 3.24. The van der Waals surface area contributed by atoms with Crippen LogP contribution in [0.5, 0.6) is 0 Å². The fourth-order valence-corrected chi connectivity index (χ4v) is 2.04. The number of benzene rings is 1. The zero-order chi connectivity index (χ0) is 17.1. The minimum Gasteiger partial charge on any atom is -0.472 e. The lowest BCUT2D eigenvalue weighted by molar-refractivity contribution is 0.101. The summed E-state index contributed by atoms with van der Waals surface area (Å²) < 4.78 is 9.63. The van der Waals surface area contributed by atoms with Gasteiger partial charge in [0.2, 0.25) is 5.76 Å². The summed E-state index contributed by atoms with van der Waals surface area (Å²) in [6.45, 7) is 0. The van der Waals surface area contributed by atoms with Crippen molar-refractivity contribution in [1.82, 2.24) is 5.16 Å². The van der Waals surface area contributed by atoms with Gasteiger partial charge in [0.1, 0.15) is 6.07 Å². The van der Waals surface area contributed by atoms with Crippen LogP contribution in [0.2, 0.25) is 0 Å². The van der Waals surface area contributed by atoms with Gasteiger partial charge in [-0.25, -0.2) is 0 Å². The second-order valence-corrected chi connectivity index (χ2v) is 4.83. The van der Waals surface area contributed by atoms with E-state index in [1.54, 1.807) is 30.3 Å². The van der Waals surface area contributed by atoms with Gasteiger partial charge in [-0.15, -0.1) is 0 Å². The molecule has 0 fully saturated rings. The van der Waals surface area contributed by atoms with Gasteiger partial charge in [0.15, 0.2) is 5.69 Å². The predicted octanol–water partition coefficient (Wildman–Crippen LogP) is 2.39. The van der Waals surface area contributed by atoms with Gasteiger partial charge in [-0.1, -0.05) is 5.16 Å². The molecule has 0 saturated heterocycles. The molecular formula is C16H11N5O3. The van der Waals surface area contributed by atoms with Gasteiger partial charge in [-0.2, -0.15) is 5.26 Å². The zero-order valence-corrected chi connectivity index (χ0v) is 12.2. The van der Waals surface area contributed by atoms with Crippen molar-refractivity contribution in [3.63, 3.8) is 0 Å². The summed E-state index contributed by atoms with van der Waals surface area (Å²) in [7, 11) is 0. The third kappa shape index (κ3) is 2.86. The Morgan fingerprint density at radius 2 is 2.17 bits per heavy atom. The van der Waals surface area contributed by atoms with Crippen molar-refractivity contribution >= 4 is 23.0 Å². The fourth-order valence-electron chi connectivity index (χ4n) is 2.04. The highest BCUT2D eigenvalue weighted by Gasteiger charge is 2.15. The van der Waals surface area contributed by atoms with E-state index in [1.165, 1.54) is 18.6 Å². The number of anilines is 2. The standard InChI is InChI=1S/C16H11N5O3/c17-7-11-6-14(21-24-11)16(22)20-10-1-2-13(18)12(5-10)15(19)9-3-4-23-8-9/h1-6,8,19H,18H2,(H,20,22). The Bertz CT molecular complexity index is 951. The van der Waals surface area contributed by atoms with Gasteiger partial charge < -0.3 is 20.0 Å². The molecule has 3 rings (SSSR count). The molecular weight excluding hydrogens is 310 g/mol. The molecule has 0 atom stereocenters. The van der Waals surface area contributed by atoms with E-state index in [9.17, 15) is 4.79 Å². The van der Waals surface area contributed by atoms with Crippen molar-refractivity contribution in [2.24, 2.45) is 0 Å². The predicted molar refractivity (Wildman–Crippen MR) is 84.7 cm³/mol. The maximum atomic E-state index is 12.1. The summed E-state index contributed by atoms with van der Waals surface area (Å²) >= 11 is 0. The lowest BCUT2D eigenvalue weighted by Gasteiger charge is -2.09. The van der Waals surface area contributed by atoms with Crippen LogP contribution in [0.25, 0.3) is 0 Å². The van der Waals surface area contributed by atoms with E-state index in [0.717, 1.165) is 0 Å². The molecule has 1 aromatic carbocycles. The molecule has 2 heterocycles. The zero-order valence-electron chi connectivity index (χ0n) is 12.2. The maximum Gasteiger partial charge on any atom is 0.277 e.